The molecule has 1 aliphatic rings. The zero-order valence-electron chi connectivity index (χ0n) is 13.1. The molecule has 1 rings (SSSR count). The van der Waals surface area contributed by atoms with Crippen LogP contribution in [0.4, 0.5) is 0 Å². The normalized spacial score (nSPS) is 24.8. The van der Waals surface area contributed by atoms with Crippen molar-refractivity contribution < 1.29 is 19.1 Å². The highest BCUT2D eigenvalue weighted by Crippen LogP contribution is 2.27. The van der Waals surface area contributed by atoms with E-state index in [1.54, 1.807) is 0 Å². The molecule has 4 nitrogen and oxygen atoms in total. The van der Waals surface area contributed by atoms with Gasteiger partial charge < -0.3 is 9.47 Å². The summed E-state index contributed by atoms with van der Waals surface area (Å²) in [4.78, 5) is 23.4. The monoisotopic (exact) mass is 292 g/mol. The summed E-state index contributed by atoms with van der Waals surface area (Å²) in [5.74, 6) is -0.690. The Morgan fingerprint density at radius 3 is 2.52 bits per heavy atom. The molecule has 1 atom stereocenters. The molecule has 116 valence electrons. The fourth-order valence-corrected chi connectivity index (χ4v) is 2.40. The molecule has 0 radical (unpaired) electrons. The maximum Gasteiger partial charge on any atom is 0.333 e. The van der Waals surface area contributed by atoms with Gasteiger partial charge in [-0.25, -0.2) is 9.59 Å². The van der Waals surface area contributed by atoms with E-state index >= 15 is 0 Å². The van der Waals surface area contributed by atoms with Crippen molar-refractivity contribution in [2.45, 2.75) is 39.0 Å². The molecule has 0 aromatic heterocycles. The fourth-order valence-electron chi connectivity index (χ4n) is 2.40. The number of esters is 2. The van der Waals surface area contributed by atoms with Gasteiger partial charge in [-0.3, -0.25) is 0 Å². The standard InChI is InChI=1S/C17H24O4/c1-12-6-5-7-15(17(19)21-4)11-10-14(9-8-12)13(2)16(18)20-3/h7-8,14H,2,5-6,9-11H2,1,3-4H3/b12-8+,15-7-/t14-/m0/s1. The third kappa shape index (κ3) is 5.21. The Balaban J connectivity index is 2.92. The first-order valence-electron chi connectivity index (χ1n) is 7.19. The molecule has 0 aromatic carbocycles. The maximum absolute atomic E-state index is 11.8. The lowest BCUT2D eigenvalue weighted by Gasteiger charge is -2.18. The number of hydrogen-bond donors (Lipinski definition) is 0. The Morgan fingerprint density at radius 1 is 1.19 bits per heavy atom. The van der Waals surface area contributed by atoms with Crippen molar-refractivity contribution in [3.63, 3.8) is 0 Å². The molecule has 0 aliphatic heterocycles. The van der Waals surface area contributed by atoms with Crippen molar-refractivity contribution in [3.05, 3.63) is 35.5 Å². The highest BCUT2D eigenvalue weighted by molar-refractivity contribution is 5.89. The predicted molar refractivity (Wildman–Crippen MR) is 81.6 cm³/mol. The minimum Gasteiger partial charge on any atom is -0.466 e. The Bertz CT molecular complexity index is 471. The number of ether oxygens (including phenoxy) is 2. The number of allylic oxidation sites excluding steroid dienone is 3. The van der Waals surface area contributed by atoms with Gasteiger partial charge in [0.1, 0.15) is 0 Å². The van der Waals surface area contributed by atoms with Crippen LogP contribution in [0.5, 0.6) is 0 Å². The summed E-state index contributed by atoms with van der Waals surface area (Å²) in [5.41, 5.74) is 2.39. The molecule has 0 fully saturated rings. The van der Waals surface area contributed by atoms with E-state index in [4.69, 9.17) is 9.47 Å². The van der Waals surface area contributed by atoms with Gasteiger partial charge in [-0.15, -0.1) is 0 Å². The van der Waals surface area contributed by atoms with Crippen molar-refractivity contribution >= 4 is 11.9 Å². The average Bonchev–Trinajstić information content (AvgIpc) is 2.50. The molecule has 0 saturated carbocycles. The van der Waals surface area contributed by atoms with E-state index < -0.39 is 0 Å². The molecular formula is C17H24O4. The van der Waals surface area contributed by atoms with Crippen LogP contribution in [-0.2, 0) is 19.1 Å². The van der Waals surface area contributed by atoms with E-state index in [0.29, 0.717) is 24.0 Å². The highest BCUT2D eigenvalue weighted by Gasteiger charge is 2.21. The summed E-state index contributed by atoms with van der Waals surface area (Å²) in [6.45, 7) is 5.91. The minimum atomic E-state index is -0.383. The van der Waals surface area contributed by atoms with Gasteiger partial charge in [-0.05, 0) is 44.9 Å². The number of carbonyl (C=O) groups is 2. The molecule has 21 heavy (non-hydrogen) atoms. The molecular weight excluding hydrogens is 268 g/mol. The smallest absolute Gasteiger partial charge is 0.333 e. The first kappa shape index (κ1) is 17.2. The van der Waals surface area contributed by atoms with Gasteiger partial charge >= 0.3 is 11.9 Å². The molecule has 1 aliphatic carbocycles. The summed E-state index contributed by atoms with van der Waals surface area (Å²) < 4.78 is 9.56. The van der Waals surface area contributed by atoms with Crippen LogP contribution < -0.4 is 0 Å². The maximum atomic E-state index is 11.8. The summed E-state index contributed by atoms with van der Waals surface area (Å²) >= 11 is 0. The lowest BCUT2D eigenvalue weighted by molar-refractivity contribution is -0.137. The summed E-state index contributed by atoms with van der Waals surface area (Å²) in [6, 6.07) is 0. The Hall–Kier alpha value is -1.84. The molecule has 0 bridgehead atoms. The zero-order valence-corrected chi connectivity index (χ0v) is 13.1. The topological polar surface area (TPSA) is 52.6 Å². The number of carbonyl (C=O) groups excluding carboxylic acids is 2. The van der Waals surface area contributed by atoms with E-state index in [2.05, 4.69) is 19.6 Å². The second-order valence-corrected chi connectivity index (χ2v) is 5.30. The van der Waals surface area contributed by atoms with E-state index in [9.17, 15) is 9.59 Å². The summed E-state index contributed by atoms with van der Waals surface area (Å²) in [5, 5.41) is 0. The molecule has 0 unspecified atom stereocenters. The first-order chi connectivity index (χ1) is 9.99. The predicted octanol–water partition coefficient (Wildman–Crippen LogP) is 3.34. The molecule has 0 aromatic rings. The Labute approximate surface area is 126 Å². The lowest BCUT2D eigenvalue weighted by atomic mass is 9.88. The average molecular weight is 292 g/mol. The molecule has 4 heteroatoms. The fraction of sp³-hybridized carbons (Fsp3) is 0.529. The molecule has 0 amide bonds. The van der Waals surface area contributed by atoms with Crippen LogP contribution in [0.1, 0.15) is 39.0 Å². The number of rotatable bonds is 3. The molecule has 0 saturated heterocycles. The van der Waals surface area contributed by atoms with E-state index in [0.717, 1.165) is 19.3 Å². The van der Waals surface area contributed by atoms with Crippen LogP contribution in [-0.4, -0.2) is 26.2 Å². The highest BCUT2D eigenvalue weighted by atomic mass is 16.5. The lowest BCUT2D eigenvalue weighted by Crippen LogP contribution is -2.15. The van der Waals surface area contributed by atoms with Crippen molar-refractivity contribution in [2.24, 2.45) is 5.92 Å². The Morgan fingerprint density at radius 2 is 1.90 bits per heavy atom. The van der Waals surface area contributed by atoms with Crippen molar-refractivity contribution in [2.75, 3.05) is 14.2 Å². The summed E-state index contributed by atoms with van der Waals surface area (Å²) in [7, 11) is 2.74. The second-order valence-electron chi connectivity index (χ2n) is 5.30. The SMILES string of the molecule is C=C(C(=O)OC)[C@H]1C/C=C(\C)CC/C=C(\C(=O)OC)CC1. The van der Waals surface area contributed by atoms with E-state index in [1.807, 2.05) is 6.08 Å². The van der Waals surface area contributed by atoms with Crippen LogP contribution >= 0.6 is 0 Å². The van der Waals surface area contributed by atoms with Crippen LogP contribution in [0.15, 0.2) is 35.5 Å². The van der Waals surface area contributed by atoms with E-state index in [-0.39, 0.29) is 17.9 Å². The van der Waals surface area contributed by atoms with Gasteiger partial charge in [-0.2, -0.15) is 0 Å². The summed E-state index contributed by atoms with van der Waals surface area (Å²) in [6.07, 6.45) is 7.82. The van der Waals surface area contributed by atoms with Gasteiger partial charge in [0.15, 0.2) is 0 Å². The molecule has 0 N–H and O–H groups in total. The first-order valence-corrected chi connectivity index (χ1v) is 7.19. The van der Waals surface area contributed by atoms with Crippen molar-refractivity contribution in [3.8, 4) is 0 Å². The zero-order chi connectivity index (χ0) is 15.8. The third-order valence-electron chi connectivity index (χ3n) is 3.83. The molecule has 0 spiro atoms. The molecule has 0 heterocycles. The van der Waals surface area contributed by atoms with Gasteiger partial charge in [0.25, 0.3) is 0 Å². The minimum absolute atomic E-state index is 0.0152. The number of hydrogen-bond acceptors (Lipinski definition) is 4. The van der Waals surface area contributed by atoms with Crippen LogP contribution in [0.3, 0.4) is 0 Å². The van der Waals surface area contributed by atoms with Crippen LogP contribution in [0, 0.1) is 5.92 Å². The van der Waals surface area contributed by atoms with Gasteiger partial charge in [0.2, 0.25) is 0 Å². The Kier molecular flexibility index (Phi) is 6.92. The van der Waals surface area contributed by atoms with Crippen LogP contribution in [0.2, 0.25) is 0 Å². The van der Waals surface area contributed by atoms with Gasteiger partial charge in [0, 0.05) is 11.1 Å². The van der Waals surface area contributed by atoms with Crippen molar-refractivity contribution in [1.29, 1.82) is 0 Å². The van der Waals surface area contributed by atoms with E-state index in [1.165, 1.54) is 19.8 Å². The quantitative estimate of drug-likeness (QED) is 0.455. The third-order valence-corrected chi connectivity index (χ3v) is 3.83. The largest absolute Gasteiger partial charge is 0.466 e. The second kappa shape index (κ2) is 8.45. The van der Waals surface area contributed by atoms with Crippen molar-refractivity contribution in [1.82, 2.24) is 0 Å². The number of methoxy groups -OCH3 is 2. The van der Waals surface area contributed by atoms with Gasteiger partial charge in [-0.1, -0.05) is 24.3 Å². The van der Waals surface area contributed by atoms with Gasteiger partial charge in [0.05, 0.1) is 14.2 Å². The van der Waals surface area contributed by atoms with Crippen LogP contribution in [0.25, 0.3) is 0 Å².